The molecule has 10 heteroatoms. The Morgan fingerprint density at radius 2 is 1.89 bits per heavy atom. The molecule has 0 spiro atoms. The molecule has 9 nitrogen and oxygen atoms in total. The highest BCUT2D eigenvalue weighted by atomic mass is 32.1. The van der Waals surface area contributed by atoms with Crippen LogP contribution >= 0.6 is 11.3 Å². The number of thiazole rings is 1. The SMILES string of the molecule is CNC(=O)c1cc(Oc2ccc3nc(NC4CCCCC4NC(=O)C4CCCN4)sc3c2)ccn1. The Labute approximate surface area is 208 Å². The number of hydrogen-bond acceptors (Lipinski definition) is 8. The summed E-state index contributed by atoms with van der Waals surface area (Å²) in [5.74, 6) is 1.05. The number of fused-ring (bicyclic) bond motifs is 1. The largest absolute Gasteiger partial charge is 0.457 e. The number of hydrogen-bond donors (Lipinski definition) is 4. The molecule has 2 aromatic heterocycles. The fraction of sp³-hybridized carbons (Fsp3) is 0.440. The van der Waals surface area contributed by atoms with Gasteiger partial charge in [-0.25, -0.2) is 4.98 Å². The average molecular weight is 495 g/mol. The van der Waals surface area contributed by atoms with Gasteiger partial charge < -0.3 is 26.0 Å². The molecule has 4 N–H and O–H groups in total. The molecule has 1 aliphatic heterocycles. The van der Waals surface area contributed by atoms with E-state index in [1.54, 1.807) is 36.7 Å². The van der Waals surface area contributed by atoms with E-state index >= 15 is 0 Å². The Morgan fingerprint density at radius 3 is 2.69 bits per heavy atom. The van der Waals surface area contributed by atoms with Gasteiger partial charge in [0.05, 0.1) is 16.3 Å². The molecule has 0 bridgehead atoms. The minimum atomic E-state index is -0.263. The molecule has 3 atom stereocenters. The number of benzene rings is 1. The zero-order chi connectivity index (χ0) is 24.2. The number of nitrogens with zero attached hydrogens (tertiary/aromatic N) is 2. The second-order valence-corrected chi connectivity index (χ2v) is 10.0. The smallest absolute Gasteiger partial charge is 0.269 e. The molecule has 3 heterocycles. The van der Waals surface area contributed by atoms with Gasteiger partial charge in [-0.3, -0.25) is 14.6 Å². The summed E-state index contributed by atoms with van der Waals surface area (Å²) in [6.45, 7) is 0.915. The summed E-state index contributed by atoms with van der Waals surface area (Å²) in [5.41, 5.74) is 1.19. The van der Waals surface area contributed by atoms with Gasteiger partial charge in [0.1, 0.15) is 17.2 Å². The van der Waals surface area contributed by atoms with E-state index in [2.05, 4.69) is 26.3 Å². The summed E-state index contributed by atoms with van der Waals surface area (Å²) in [6.07, 6.45) is 7.75. The van der Waals surface area contributed by atoms with Crippen LogP contribution in [0.3, 0.4) is 0 Å². The van der Waals surface area contributed by atoms with Gasteiger partial charge in [-0.1, -0.05) is 24.2 Å². The second-order valence-electron chi connectivity index (χ2n) is 9.01. The van der Waals surface area contributed by atoms with Crippen molar-refractivity contribution in [3.8, 4) is 11.5 Å². The third kappa shape index (κ3) is 5.54. The number of carbonyl (C=O) groups is 2. The first-order chi connectivity index (χ1) is 17.1. The first-order valence-corrected chi connectivity index (χ1v) is 13.0. The Balaban J connectivity index is 1.27. The van der Waals surface area contributed by atoms with Gasteiger partial charge in [0.15, 0.2) is 5.13 Å². The zero-order valence-electron chi connectivity index (χ0n) is 19.7. The van der Waals surface area contributed by atoms with Crippen molar-refractivity contribution in [2.45, 2.75) is 56.7 Å². The minimum Gasteiger partial charge on any atom is -0.457 e. The molecule has 1 aromatic carbocycles. The fourth-order valence-corrected chi connectivity index (χ4v) is 5.68. The molecular weight excluding hydrogens is 464 g/mol. The van der Waals surface area contributed by atoms with E-state index in [1.807, 2.05) is 18.2 Å². The summed E-state index contributed by atoms with van der Waals surface area (Å²) >= 11 is 1.57. The summed E-state index contributed by atoms with van der Waals surface area (Å²) in [7, 11) is 1.57. The van der Waals surface area contributed by atoms with E-state index in [9.17, 15) is 9.59 Å². The predicted octanol–water partition coefficient (Wildman–Crippen LogP) is 3.43. The number of aromatic nitrogens is 2. The van der Waals surface area contributed by atoms with Crippen LogP contribution in [-0.2, 0) is 4.79 Å². The van der Waals surface area contributed by atoms with Crippen molar-refractivity contribution < 1.29 is 14.3 Å². The predicted molar refractivity (Wildman–Crippen MR) is 136 cm³/mol. The Morgan fingerprint density at radius 1 is 1.06 bits per heavy atom. The molecule has 1 saturated heterocycles. The van der Waals surface area contributed by atoms with Crippen LogP contribution in [0.1, 0.15) is 49.0 Å². The number of ether oxygens (including phenoxy) is 1. The molecule has 35 heavy (non-hydrogen) atoms. The van der Waals surface area contributed by atoms with E-state index in [0.29, 0.717) is 17.2 Å². The van der Waals surface area contributed by atoms with E-state index in [0.717, 1.165) is 60.4 Å². The van der Waals surface area contributed by atoms with Gasteiger partial charge in [-0.2, -0.15) is 0 Å². The lowest BCUT2D eigenvalue weighted by Crippen LogP contribution is -2.52. The average Bonchev–Trinajstić information content (AvgIpc) is 3.55. The van der Waals surface area contributed by atoms with Crippen molar-refractivity contribution in [3.63, 3.8) is 0 Å². The number of pyridine rings is 1. The Hall–Kier alpha value is -3.24. The molecule has 0 radical (unpaired) electrons. The van der Waals surface area contributed by atoms with Crippen LogP contribution in [0, 0.1) is 0 Å². The van der Waals surface area contributed by atoms with Crippen LogP contribution < -0.4 is 26.0 Å². The molecule has 3 aromatic rings. The zero-order valence-corrected chi connectivity index (χ0v) is 20.5. The molecule has 2 fully saturated rings. The van der Waals surface area contributed by atoms with Gasteiger partial charge in [-0.05, 0) is 50.4 Å². The van der Waals surface area contributed by atoms with Crippen LogP contribution in [0.15, 0.2) is 36.5 Å². The highest BCUT2D eigenvalue weighted by Crippen LogP contribution is 2.33. The van der Waals surface area contributed by atoms with Crippen molar-refractivity contribution in [3.05, 3.63) is 42.2 Å². The van der Waals surface area contributed by atoms with Crippen LogP contribution in [0.2, 0.25) is 0 Å². The molecule has 184 valence electrons. The number of amides is 2. The second kappa shape index (κ2) is 10.6. The highest BCUT2D eigenvalue weighted by Gasteiger charge is 2.30. The highest BCUT2D eigenvalue weighted by molar-refractivity contribution is 7.22. The standard InChI is InChI=1S/C25H30N6O3S/c1-26-23(32)21-13-16(10-12-28-21)34-15-8-9-19-22(14-15)35-25(31-19)30-18-6-3-2-5-17(18)29-24(33)20-7-4-11-27-20/h8-10,12-14,17-18,20,27H,2-7,11H2,1H3,(H,26,32)(H,29,33)(H,30,31). The third-order valence-corrected chi connectivity index (χ3v) is 7.52. The first kappa shape index (κ1) is 23.5. The Kier molecular flexibility index (Phi) is 7.10. The van der Waals surface area contributed by atoms with Crippen molar-refractivity contribution in [2.24, 2.45) is 0 Å². The molecule has 2 aliphatic rings. The van der Waals surface area contributed by atoms with Crippen LogP contribution in [0.4, 0.5) is 5.13 Å². The normalized spacial score (nSPS) is 22.0. The lowest BCUT2D eigenvalue weighted by atomic mass is 9.90. The molecule has 5 rings (SSSR count). The van der Waals surface area contributed by atoms with Gasteiger partial charge in [0, 0.05) is 37.5 Å². The minimum absolute atomic E-state index is 0.0636. The summed E-state index contributed by atoms with van der Waals surface area (Å²) in [6, 6.07) is 9.27. The number of nitrogens with one attached hydrogen (secondary N) is 4. The van der Waals surface area contributed by atoms with Gasteiger partial charge in [-0.15, -0.1) is 0 Å². The number of carbonyl (C=O) groups excluding carboxylic acids is 2. The van der Waals surface area contributed by atoms with Crippen molar-refractivity contribution in [1.82, 2.24) is 25.9 Å². The van der Waals surface area contributed by atoms with Gasteiger partial charge in [0.2, 0.25) is 5.91 Å². The number of anilines is 1. The molecular formula is C25H30N6O3S. The monoisotopic (exact) mass is 494 g/mol. The number of rotatable bonds is 7. The van der Waals surface area contributed by atoms with Crippen molar-refractivity contribution in [2.75, 3.05) is 18.9 Å². The van der Waals surface area contributed by atoms with E-state index in [4.69, 9.17) is 9.72 Å². The molecule has 1 saturated carbocycles. The maximum Gasteiger partial charge on any atom is 0.269 e. The summed E-state index contributed by atoms with van der Waals surface area (Å²) in [4.78, 5) is 33.3. The Bertz CT molecular complexity index is 1210. The van der Waals surface area contributed by atoms with Crippen LogP contribution in [0.5, 0.6) is 11.5 Å². The third-order valence-electron chi connectivity index (χ3n) is 6.57. The van der Waals surface area contributed by atoms with E-state index in [-0.39, 0.29) is 29.9 Å². The summed E-state index contributed by atoms with van der Waals surface area (Å²) in [5, 5.41) is 13.6. The maximum atomic E-state index is 12.7. The van der Waals surface area contributed by atoms with E-state index in [1.165, 1.54) is 0 Å². The van der Waals surface area contributed by atoms with Crippen molar-refractivity contribution >= 4 is 38.5 Å². The molecule has 1 aliphatic carbocycles. The topological polar surface area (TPSA) is 117 Å². The van der Waals surface area contributed by atoms with Crippen LogP contribution in [-0.4, -0.2) is 53.5 Å². The quantitative estimate of drug-likeness (QED) is 0.397. The fourth-order valence-electron chi connectivity index (χ4n) is 4.72. The lowest BCUT2D eigenvalue weighted by molar-refractivity contribution is -0.123. The summed E-state index contributed by atoms with van der Waals surface area (Å²) < 4.78 is 6.97. The molecule has 3 unspecified atom stereocenters. The van der Waals surface area contributed by atoms with Crippen molar-refractivity contribution in [1.29, 1.82) is 0 Å². The lowest BCUT2D eigenvalue weighted by Gasteiger charge is -2.33. The van der Waals surface area contributed by atoms with Gasteiger partial charge in [0.25, 0.3) is 5.91 Å². The van der Waals surface area contributed by atoms with Gasteiger partial charge >= 0.3 is 0 Å². The van der Waals surface area contributed by atoms with E-state index < -0.39 is 0 Å². The molecule has 2 amide bonds. The first-order valence-electron chi connectivity index (χ1n) is 12.2. The maximum absolute atomic E-state index is 12.7. The van der Waals surface area contributed by atoms with Crippen LogP contribution in [0.25, 0.3) is 10.2 Å².